The first kappa shape index (κ1) is 28.8. The Hall–Kier alpha value is -3.81. The fourth-order valence-corrected chi connectivity index (χ4v) is 4.10. The summed E-state index contributed by atoms with van der Waals surface area (Å²) in [6.45, 7) is 2.08. The van der Waals surface area contributed by atoms with Crippen LogP contribution in [-0.4, -0.2) is 34.4 Å². The lowest BCUT2D eigenvalue weighted by Crippen LogP contribution is -2.34. The summed E-state index contributed by atoms with van der Waals surface area (Å²) >= 11 is 0. The van der Waals surface area contributed by atoms with Crippen LogP contribution in [-0.2, 0) is 9.59 Å². The fourth-order valence-electron chi connectivity index (χ4n) is 4.10. The summed E-state index contributed by atoms with van der Waals surface area (Å²) in [6, 6.07) is 15.6. The lowest BCUT2D eigenvalue weighted by atomic mass is 10.1. The minimum Gasteiger partial charge on any atom is -0.347 e. The van der Waals surface area contributed by atoms with Gasteiger partial charge in [-0.3, -0.25) is 9.59 Å². The van der Waals surface area contributed by atoms with E-state index < -0.39 is 5.91 Å². The summed E-state index contributed by atoms with van der Waals surface area (Å²) < 4.78 is 15.1. The number of benzene rings is 2. The van der Waals surface area contributed by atoms with E-state index in [1.807, 2.05) is 30.3 Å². The topological polar surface area (TPSA) is 88.4 Å². The molecule has 1 heterocycles. The van der Waals surface area contributed by atoms with Crippen LogP contribution in [0.1, 0.15) is 76.7 Å². The molecule has 3 rings (SSSR count). The fraction of sp³-hybridized carbons (Fsp3) is 0.400. The highest BCUT2D eigenvalue weighted by Crippen LogP contribution is 2.23. The number of hydrazone groups is 1. The minimum atomic E-state index is -0.416. The van der Waals surface area contributed by atoms with Gasteiger partial charge in [0.2, 0.25) is 5.91 Å². The van der Waals surface area contributed by atoms with Crippen LogP contribution in [0.4, 0.5) is 4.39 Å². The van der Waals surface area contributed by atoms with Crippen molar-refractivity contribution < 1.29 is 14.0 Å². The molecule has 0 aliphatic rings. The number of carbonyl (C=O) groups is 2. The Morgan fingerprint density at radius 3 is 2.24 bits per heavy atom. The molecule has 38 heavy (non-hydrogen) atoms. The number of carbonyl (C=O) groups excluding carboxylic acids is 2. The summed E-state index contributed by atoms with van der Waals surface area (Å²) in [7, 11) is 0. The second-order valence-corrected chi connectivity index (χ2v) is 9.37. The first-order valence-electron chi connectivity index (χ1n) is 13.6. The van der Waals surface area contributed by atoms with E-state index >= 15 is 0 Å². The molecule has 0 fully saturated rings. The molecule has 0 spiro atoms. The number of para-hydroxylation sites is 1. The summed E-state index contributed by atoms with van der Waals surface area (Å²) in [5.41, 5.74) is 5.27. The van der Waals surface area contributed by atoms with E-state index in [4.69, 9.17) is 0 Å². The highest BCUT2D eigenvalue weighted by molar-refractivity contribution is 5.90. The summed E-state index contributed by atoms with van der Waals surface area (Å²) in [5, 5.41) is 11.3. The molecular weight excluding hydrogens is 481 g/mol. The van der Waals surface area contributed by atoms with E-state index in [0.717, 1.165) is 30.5 Å². The molecule has 202 valence electrons. The van der Waals surface area contributed by atoms with E-state index in [9.17, 15) is 14.0 Å². The van der Waals surface area contributed by atoms with Crippen molar-refractivity contribution in [2.75, 3.05) is 6.54 Å². The first-order chi connectivity index (χ1) is 18.6. The Morgan fingerprint density at radius 1 is 0.895 bits per heavy atom. The van der Waals surface area contributed by atoms with Gasteiger partial charge in [-0.2, -0.15) is 10.2 Å². The van der Waals surface area contributed by atoms with Crippen LogP contribution in [0.2, 0.25) is 0 Å². The number of halogens is 1. The third kappa shape index (κ3) is 9.92. The predicted octanol–water partition coefficient (Wildman–Crippen LogP) is 6.17. The molecule has 0 saturated heterocycles. The largest absolute Gasteiger partial charge is 0.347 e. The molecule has 0 bridgehead atoms. The van der Waals surface area contributed by atoms with Crippen LogP contribution >= 0.6 is 0 Å². The van der Waals surface area contributed by atoms with Gasteiger partial charge in [0.15, 0.2) is 0 Å². The molecule has 0 saturated carbocycles. The Bertz CT molecular complexity index is 1160. The van der Waals surface area contributed by atoms with Gasteiger partial charge in [-0.25, -0.2) is 14.5 Å². The normalized spacial score (nSPS) is 11.1. The maximum absolute atomic E-state index is 13.4. The van der Waals surface area contributed by atoms with E-state index in [-0.39, 0.29) is 18.3 Å². The van der Waals surface area contributed by atoms with E-state index in [0.29, 0.717) is 17.7 Å². The zero-order chi connectivity index (χ0) is 27.0. The number of amides is 2. The van der Waals surface area contributed by atoms with Gasteiger partial charge < -0.3 is 5.32 Å². The van der Waals surface area contributed by atoms with Crippen molar-refractivity contribution in [2.24, 2.45) is 5.10 Å². The Labute approximate surface area is 224 Å². The molecule has 2 aromatic carbocycles. The number of hydrogen-bond acceptors (Lipinski definition) is 4. The average Bonchev–Trinajstić information content (AvgIpc) is 3.36. The van der Waals surface area contributed by atoms with Gasteiger partial charge in [-0.05, 0) is 42.8 Å². The minimum absolute atomic E-state index is 0.130. The van der Waals surface area contributed by atoms with Gasteiger partial charge in [-0.15, -0.1) is 0 Å². The van der Waals surface area contributed by atoms with Crippen molar-refractivity contribution in [3.05, 3.63) is 72.2 Å². The summed E-state index contributed by atoms with van der Waals surface area (Å²) in [5.74, 6) is -0.881. The van der Waals surface area contributed by atoms with Gasteiger partial charge in [0.05, 0.1) is 18.4 Å². The van der Waals surface area contributed by atoms with Crippen molar-refractivity contribution in [2.45, 2.75) is 71.1 Å². The Kier molecular flexibility index (Phi) is 12.2. The molecule has 0 aliphatic heterocycles. The van der Waals surface area contributed by atoms with Gasteiger partial charge in [-0.1, -0.05) is 76.5 Å². The quantitative estimate of drug-likeness (QED) is 0.135. The van der Waals surface area contributed by atoms with Crippen molar-refractivity contribution >= 4 is 18.0 Å². The highest BCUT2D eigenvalue weighted by atomic mass is 19.1. The van der Waals surface area contributed by atoms with Gasteiger partial charge in [0.1, 0.15) is 11.5 Å². The second kappa shape index (κ2) is 16.1. The smallest absolute Gasteiger partial charge is 0.259 e. The lowest BCUT2D eigenvalue weighted by molar-refractivity contribution is -0.126. The molecule has 0 atom stereocenters. The maximum Gasteiger partial charge on any atom is 0.259 e. The Balaban J connectivity index is 1.44. The van der Waals surface area contributed by atoms with Gasteiger partial charge in [0, 0.05) is 23.7 Å². The van der Waals surface area contributed by atoms with Crippen LogP contribution in [0, 0.1) is 5.82 Å². The van der Waals surface area contributed by atoms with Crippen LogP contribution in [0.15, 0.2) is 65.9 Å². The second-order valence-electron chi connectivity index (χ2n) is 9.37. The number of rotatable bonds is 16. The third-order valence-corrected chi connectivity index (χ3v) is 6.23. The highest BCUT2D eigenvalue weighted by Gasteiger charge is 2.12. The van der Waals surface area contributed by atoms with E-state index in [1.54, 1.807) is 23.0 Å². The zero-order valence-electron chi connectivity index (χ0n) is 22.2. The molecule has 0 radical (unpaired) electrons. The van der Waals surface area contributed by atoms with Crippen LogP contribution in [0.25, 0.3) is 16.9 Å². The monoisotopic (exact) mass is 519 g/mol. The maximum atomic E-state index is 13.4. The van der Waals surface area contributed by atoms with Gasteiger partial charge >= 0.3 is 0 Å². The number of hydrogen-bond donors (Lipinski definition) is 2. The van der Waals surface area contributed by atoms with Crippen molar-refractivity contribution in [3.8, 4) is 16.9 Å². The standard InChI is InChI=1S/C30H38FN5O2/c1-2-3-4-5-6-7-8-9-13-16-28(37)32-22-29(38)34-33-21-25-23-36(27-14-11-10-12-15-27)35-30(25)24-17-19-26(31)20-18-24/h10-12,14-15,17-21,23H,2-9,13,16,22H2,1H3,(H,32,37)(H,34,38)/b33-21+. The molecule has 7 nitrogen and oxygen atoms in total. The molecule has 1 aromatic heterocycles. The van der Waals surface area contributed by atoms with Crippen molar-refractivity contribution in [1.29, 1.82) is 0 Å². The summed E-state index contributed by atoms with van der Waals surface area (Å²) in [6.07, 6.45) is 14.4. The third-order valence-electron chi connectivity index (χ3n) is 6.23. The molecule has 8 heteroatoms. The molecule has 2 amide bonds. The van der Waals surface area contributed by atoms with Gasteiger partial charge in [0.25, 0.3) is 5.91 Å². The number of unbranched alkanes of at least 4 members (excludes halogenated alkanes) is 8. The predicted molar refractivity (Wildman–Crippen MR) is 150 cm³/mol. The number of aromatic nitrogens is 2. The molecule has 0 unspecified atom stereocenters. The Morgan fingerprint density at radius 2 is 1.55 bits per heavy atom. The van der Waals surface area contributed by atoms with Crippen LogP contribution in [0.5, 0.6) is 0 Å². The number of nitrogens with one attached hydrogen (secondary N) is 2. The number of nitrogens with zero attached hydrogens (tertiary/aromatic N) is 3. The average molecular weight is 520 g/mol. The van der Waals surface area contributed by atoms with Crippen LogP contribution < -0.4 is 10.7 Å². The van der Waals surface area contributed by atoms with E-state index in [1.165, 1.54) is 56.9 Å². The summed E-state index contributed by atoms with van der Waals surface area (Å²) in [4.78, 5) is 24.2. The molecule has 2 N–H and O–H groups in total. The van der Waals surface area contributed by atoms with Crippen molar-refractivity contribution in [1.82, 2.24) is 20.5 Å². The molecule has 3 aromatic rings. The van der Waals surface area contributed by atoms with E-state index in [2.05, 4.69) is 27.9 Å². The van der Waals surface area contributed by atoms with Crippen molar-refractivity contribution in [3.63, 3.8) is 0 Å². The zero-order valence-corrected chi connectivity index (χ0v) is 22.2. The van der Waals surface area contributed by atoms with Crippen LogP contribution in [0.3, 0.4) is 0 Å². The SMILES string of the molecule is CCCCCCCCCCCC(=O)NCC(=O)N/N=C/c1cn(-c2ccccc2)nc1-c1ccc(F)cc1. The molecular formula is C30H38FN5O2. The molecule has 0 aliphatic carbocycles. The first-order valence-corrected chi connectivity index (χ1v) is 13.6. The lowest BCUT2D eigenvalue weighted by Gasteiger charge is -2.05.